The molecule has 616 valence electrons. The number of ether oxygens (including phenoxy) is 5. The van der Waals surface area contributed by atoms with E-state index >= 15 is 0 Å². The molecule has 0 amide bonds. The Morgan fingerprint density at radius 1 is 0.426 bits per heavy atom. The van der Waals surface area contributed by atoms with Gasteiger partial charge >= 0.3 is 0 Å². The summed E-state index contributed by atoms with van der Waals surface area (Å²) in [4.78, 5) is 10.4. The number of carbonyl (C=O) groups excluding carboxylic acids is 1. The number of allylic oxidation sites excluding steroid dienone is 1. The fourth-order valence-corrected chi connectivity index (χ4v) is 16.3. The lowest BCUT2D eigenvalue weighted by Crippen LogP contribution is -2.18. The van der Waals surface area contributed by atoms with Crippen LogP contribution in [0.5, 0.6) is 23.0 Å². The molecule has 5 aliphatic rings. The molecular weight excluding hydrogens is 1380 g/mol. The Hall–Kier alpha value is -5.15. The van der Waals surface area contributed by atoms with E-state index in [0.29, 0.717) is 78.2 Å². The molecule has 1 atom stereocenters. The van der Waals surface area contributed by atoms with Crippen molar-refractivity contribution in [3.63, 3.8) is 0 Å². The Balaban J connectivity index is 0.000000352. The molecule has 4 saturated carbocycles. The molecule has 0 aromatic heterocycles. The van der Waals surface area contributed by atoms with Crippen molar-refractivity contribution in [3.05, 3.63) is 122 Å². The number of unbranched alkanes of at least 4 members (excludes halogenated alkanes) is 8. The first-order valence-electron chi connectivity index (χ1n) is 42.4. The van der Waals surface area contributed by atoms with Crippen LogP contribution < -0.4 is 18.9 Å². The van der Waals surface area contributed by atoms with E-state index < -0.39 is 52.6 Å². The number of aliphatic hydroxyl groups is 1. The molecule has 5 fully saturated rings. The first kappa shape index (κ1) is 97.0. The second-order valence-electron chi connectivity index (χ2n) is 31.4. The standard InChI is InChI=1S/C22H34F2O2.C22H34F2O.C22H32F2O.C13H24O.C9H10F2O.C4H8O.CH4/c1-4-6-7-8-16-9-11-17(12-10-16)14-18(25)20-15(3)13-19(26-5-2)21(23)22(20)24;2*1-4-6-7-8-17-9-11-18(12-10-17)13-14-19-16(3)15-20(25-5-2)22(24)21(19)23;1-2-3-4-5-12-6-8-13(9-7-12)10-11-14;1-3-12-8-5-6(2)4-7(10)9(8)11;1-2-4-5-3-1;/h13,16-18,25H,4-12,14H2,1-3H3;15,17-18H,4-14H2,1-3H3;13-15,17-18H,4-12H2,1-3H3;11-13H,2-10H2,1H3;4-5H,3H2,1-2H3;1-4H2;1H4/b;;14-13+;;;;. The van der Waals surface area contributed by atoms with Gasteiger partial charge in [0.05, 0.1) is 32.5 Å². The van der Waals surface area contributed by atoms with Crippen LogP contribution in [0.25, 0.3) is 6.08 Å². The Morgan fingerprint density at radius 2 is 0.796 bits per heavy atom. The van der Waals surface area contributed by atoms with Crippen molar-refractivity contribution >= 4 is 12.4 Å². The summed E-state index contributed by atoms with van der Waals surface area (Å²) in [6, 6.07) is 7.33. The van der Waals surface area contributed by atoms with Gasteiger partial charge in [-0.3, -0.25) is 0 Å². The van der Waals surface area contributed by atoms with Crippen LogP contribution in [0.2, 0.25) is 0 Å². The lowest BCUT2D eigenvalue weighted by molar-refractivity contribution is -0.108. The molecule has 1 unspecified atom stereocenters. The van der Waals surface area contributed by atoms with E-state index in [2.05, 4.69) is 33.8 Å². The van der Waals surface area contributed by atoms with Crippen LogP contribution in [-0.2, 0) is 16.0 Å². The number of hydrogen-bond donors (Lipinski definition) is 1. The molecule has 0 radical (unpaired) electrons. The topological polar surface area (TPSA) is 83.5 Å². The fourth-order valence-electron chi connectivity index (χ4n) is 16.3. The summed E-state index contributed by atoms with van der Waals surface area (Å²) in [6.45, 7) is 26.3. The lowest BCUT2D eigenvalue weighted by Gasteiger charge is -2.30. The van der Waals surface area contributed by atoms with Gasteiger partial charge in [-0.1, -0.05) is 214 Å². The third-order valence-electron chi connectivity index (χ3n) is 22.8. The summed E-state index contributed by atoms with van der Waals surface area (Å²) in [5.74, 6) is -1.23. The SMILES string of the molecule is C.C1CCOC1.CCCCCC1CCC(/C=C/c2c(C)cc(OCC)c(F)c2F)CC1.CCCCCC1CCC(CC(O)c2c(C)cc(OCC)c(F)c2F)CC1.CCCCCC1CCC(CC=O)CC1.CCCCCC1CCC(CCc2c(C)cc(OCC)c(F)c2F)CC1.CCOc1cc(C)cc(F)c1F. The van der Waals surface area contributed by atoms with Crippen molar-refractivity contribution in [2.24, 2.45) is 47.3 Å². The highest BCUT2D eigenvalue weighted by Gasteiger charge is 2.30. The average Bonchev–Trinajstić information content (AvgIpc) is 0.926. The summed E-state index contributed by atoms with van der Waals surface area (Å²) in [5, 5.41) is 10.6. The van der Waals surface area contributed by atoms with Crippen molar-refractivity contribution in [1.29, 1.82) is 0 Å². The largest absolute Gasteiger partial charge is 0.491 e. The summed E-state index contributed by atoms with van der Waals surface area (Å²) in [5.41, 5.74) is 3.70. The normalized spacial score (nSPS) is 20.6. The molecule has 1 saturated heterocycles. The molecule has 1 heterocycles. The number of rotatable bonds is 34. The third kappa shape index (κ3) is 35.3. The molecule has 15 heteroatoms. The first-order chi connectivity index (χ1) is 51.6. The maximum Gasteiger partial charge on any atom is 0.201 e. The van der Waals surface area contributed by atoms with Crippen LogP contribution in [0.15, 0.2) is 36.4 Å². The number of aryl methyl sites for hydroxylation is 4. The Bertz CT molecular complexity index is 3070. The summed E-state index contributed by atoms with van der Waals surface area (Å²) < 4.78 is 136. The van der Waals surface area contributed by atoms with Crippen LogP contribution in [0.3, 0.4) is 0 Å². The molecule has 1 N–H and O–H groups in total. The van der Waals surface area contributed by atoms with Gasteiger partial charge in [-0.25, -0.2) is 17.6 Å². The van der Waals surface area contributed by atoms with Crippen molar-refractivity contribution in [3.8, 4) is 23.0 Å². The minimum absolute atomic E-state index is 0. The van der Waals surface area contributed by atoms with Crippen molar-refractivity contribution in [2.75, 3.05) is 39.6 Å². The maximum atomic E-state index is 14.5. The number of carbonyl (C=O) groups is 1. The van der Waals surface area contributed by atoms with Gasteiger partial charge in [0.25, 0.3) is 0 Å². The Kier molecular flexibility index (Phi) is 50.4. The van der Waals surface area contributed by atoms with E-state index in [-0.39, 0.29) is 42.6 Å². The maximum absolute atomic E-state index is 14.5. The highest BCUT2D eigenvalue weighted by molar-refractivity contribution is 5.57. The van der Waals surface area contributed by atoms with Gasteiger partial charge in [0.1, 0.15) is 6.29 Å². The molecule has 4 aliphatic carbocycles. The van der Waals surface area contributed by atoms with Gasteiger partial charge in [-0.05, 0) is 232 Å². The van der Waals surface area contributed by atoms with Crippen molar-refractivity contribution in [2.45, 2.75) is 341 Å². The second-order valence-corrected chi connectivity index (χ2v) is 31.4. The molecular formula is C93H146F8O7. The molecule has 7 nitrogen and oxygen atoms in total. The quantitative estimate of drug-likeness (QED) is 0.0283. The van der Waals surface area contributed by atoms with Crippen LogP contribution in [0.4, 0.5) is 35.1 Å². The number of halogens is 8. The molecule has 4 aromatic rings. The third-order valence-corrected chi connectivity index (χ3v) is 22.8. The van der Waals surface area contributed by atoms with Crippen LogP contribution >= 0.6 is 0 Å². The second kappa shape index (κ2) is 56.1. The first-order valence-corrected chi connectivity index (χ1v) is 42.4. The molecule has 9 rings (SSSR count). The number of benzene rings is 4. The molecule has 0 spiro atoms. The summed E-state index contributed by atoms with van der Waals surface area (Å²) >= 11 is 0. The Labute approximate surface area is 650 Å². The molecule has 4 aromatic carbocycles. The van der Waals surface area contributed by atoms with Gasteiger partial charge < -0.3 is 33.6 Å². The summed E-state index contributed by atoms with van der Waals surface area (Å²) in [6.07, 6.45) is 50.8. The van der Waals surface area contributed by atoms with E-state index in [9.17, 15) is 45.0 Å². The number of hydrogen-bond acceptors (Lipinski definition) is 7. The molecule has 108 heavy (non-hydrogen) atoms. The molecule has 1 aliphatic heterocycles. The predicted octanol–water partition coefficient (Wildman–Crippen LogP) is 28.6. The lowest BCUT2D eigenvalue weighted by atomic mass is 9.77. The van der Waals surface area contributed by atoms with E-state index in [1.807, 2.05) is 6.92 Å². The minimum Gasteiger partial charge on any atom is -0.491 e. The molecule has 0 bridgehead atoms. The van der Waals surface area contributed by atoms with Crippen LogP contribution in [0.1, 0.15) is 345 Å². The zero-order valence-corrected chi connectivity index (χ0v) is 68.3. The van der Waals surface area contributed by atoms with E-state index in [0.717, 1.165) is 99.2 Å². The van der Waals surface area contributed by atoms with E-state index in [4.69, 9.17) is 23.7 Å². The minimum atomic E-state index is -0.994. The van der Waals surface area contributed by atoms with Crippen molar-refractivity contribution < 1.29 is 68.7 Å². The van der Waals surface area contributed by atoms with E-state index in [1.54, 1.807) is 66.7 Å². The van der Waals surface area contributed by atoms with Crippen LogP contribution in [0, 0.1) is 122 Å². The fraction of sp³-hybridized carbons (Fsp3) is 0.710. The number of aldehydes is 1. The van der Waals surface area contributed by atoms with Gasteiger partial charge in [0, 0.05) is 30.8 Å². The number of aliphatic hydroxyl groups excluding tert-OH is 1. The summed E-state index contributed by atoms with van der Waals surface area (Å²) in [7, 11) is 0. The van der Waals surface area contributed by atoms with E-state index in [1.165, 1.54) is 205 Å². The van der Waals surface area contributed by atoms with Gasteiger partial charge in [-0.15, -0.1) is 0 Å². The zero-order valence-electron chi connectivity index (χ0n) is 68.3. The monoisotopic (exact) mass is 1530 g/mol. The van der Waals surface area contributed by atoms with Gasteiger partial charge in [-0.2, -0.15) is 17.6 Å². The zero-order chi connectivity index (χ0) is 78.5. The average molecular weight is 1530 g/mol. The predicted molar refractivity (Wildman–Crippen MR) is 432 cm³/mol. The van der Waals surface area contributed by atoms with Gasteiger partial charge in [0.15, 0.2) is 46.3 Å². The van der Waals surface area contributed by atoms with Gasteiger partial charge in [0.2, 0.25) is 23.3 Å². The highest BCUT2D eigenvalue weighted by Crippen LogP contribution is 2.41. The smallest absolute Gasteiger partial charge is 0.201 e. The highest BCUT2D eigenvalue weighted by atomic mass is 19.2. The van der Waals surface area contributed by atoms with Crippen LogP contribution in [-0.4, -0.2) is 51.0 Å². The van der Waals surface area contributed by atoms with Crippen molar-refractivity contribution in [1.82, 2.24) is 0 Å². The Morgan fingerprint density at radius 3 is 1.20 bits per heavy atom.